The van der Waals surface area contributed by atoms with Gasteiger partial charge in [-0.15, -0.1) is 0 Å². The van der Waals surface area contributed by atoms with Gasteiger partial charge in [-0.25, -0.2) is 14.6 Å². The molecule has 0 bridgehead atoms. The summed E-state index contributed by atoms with van der Waals surface area (Å²) in [6.07, 6.45) is 7.55. The molecule has 0 amide bonds. The monoisotopic (exact) mass is 219 g/mol. The first-order valence-corrected chi connectivity index (χ1v) is 4.65. The van der Waals surface area contributed by atoms with Gasteiger partial charge in [0.15, 0.2) is 11.8 Å². The van der Waals surface area contributed by atoms with Crippen LogP contribution in [-0.2, 0) is 19.1 Å². The topological polar surface area (TPSA) is 65.0 Å². The second-order valence-corrected chi connectivity index (χ2v) is 3.16. The standard InChI is InChI=1S/C11H9NO4/c1-15-10(13)6-8-11(14)16-9-5-3-2-4-7(9)12-8/h2-6,9H,1H3/b8-6+. The van der Waals surface area contributed by atoms with Crippen molar-refractivity contribution in [1.29, 1.82) is 0 Å². The van der Waals surface area contributed by atoms with Crippen LogP contribution >= 0.6 is 0 Å². The van der Waals surface area contributed by atoms with Gasteiger partial charge in [0.1, 0.15) is 0 Å². The molecule has 0 saturated carbocycles. The number of esters is 2. The molecule has 2 aliphatic rings. The lowest BCUT2D eigenvalue weighted by Crippen LogP contribution is -2.31. The van der Waals surface area contributed by atoms with Gasteiger partial charge in [-0.2, -0.15) is 0 Å². The summed E-state index contributed by atoms with van der Waals surface area (Å²) in [6.45, 7) is 0. The summed E-state index contributed by atoms with van der Waals surface area (Å²) < 4.78 is 9.48. The van der Waals surface area contributed by atoms with E-state index in [4.69, 9.17) is 4.74 Å². The number of fused-ring (bicyclic) bond motifs is 1. The summed E-state index contributed by atoms with van der Waals surface area (Å²) in [7, 11) is 1.23. The number of carbonyl (C=O) groups is 2. The van der Waals surface area contributed by atoms with Crippen LogP contribution in [0.15, 0.2) is 41.1 Å². The summed E-state index contributed by atoms with van der Waals surface area (Å²) in [6, 6.07) is 0. The van der Waals surface area contributed by atoms with Crippen LogP contribution in [0.1, 0.15) is 0 Å². The van der Waals surface area contributed by atoms with E-state index in [1.54, 1.807) is 24.3 Å². The van der Waals surface area contributed by atoms with E-state index < -0.39 is 18.0 Å². The highest BCUT2D eigenvalue weighted by molar-refractivity contribution is 6.09. The van der Waals surface area contributed by atoms with Gasteiger partial charge < -0.3 is 9.47 Å². The fourth-order valence-electron chi connectivity index (χ4n) is 1.34. The van der Waals surface area contributed by atoms with Gasteiger partial charge in [0.05, 0.1) is 18.9 Å². The summed E-state index contributed by atoms with van der Waals surface area (Å²) >= 11 is 0. The molecular formula is C11H9NO4. The first-order valence-electron chi connectivity index (χ1n) is 4.65. The van der Waals surface area contributed by atoms with E-state index in [0.29, 0.717) is 5.71 Å². The molecule has 1 heterocycles. The molecule has 82 valence electrons. The molecule has 5 nitrogen and oxygen atoms in total. The number of ether oxygens (including phenoxy) is 2. The quantitative estimate of drug-likeness (QED) is 0.476. The van der Waals surface area contributed by atoms with Crippen LogP contribution in [0.25, 0.3) is 0 Å². The lowest BCUT2D eigenvalue weighted by Gasteiger charge is -2.21. The predicted molar refractivity (Wildman–Crippen MR) is 55.7 cm³/mol. The van der Waals surface area contributed by atoms with Crippen molar-refractivity contribution in [2.24, 2.45) is 4.99 Å². The van der Waals surface area contributed by atoms with Gasteiger partial charge in [-0.05, 0) is 12.2 Å². The minimum atomic E-state index is -0.634. The van der Waals surface area contributed by atoms with Crippen LogP contribution in [0.2, 0.25) is 0 Å². The molecule has 2 rings (SSSR count). The number of carbonyl (C=O) groups excluding carboxylic acids is 2. The van der Waals surface area contributed by atoms with E-state index in [-0.39, 0.29) is 5.70 Å². The molecule has 0 spiro atoms. The fraction of sp³-hybridized carbons (Fsp3) is 0.182. The zero-order valence-corrected chi connectivity index (χ0v) is 8.54. The van der Waals surface area contributed by atoms with Crippen molar-refractivity contribution in [1.82, 2.24) is 0 Å². The predicted octanol–water partition coefficient (Wildman–Crippen LogP) is 0.536. The van der Waals surface area contributed by atoms with Crippen molar-refractivity contribution in [3.63, 3.8) is 0 Å². The third kappa shape index (κ3) is 1.93. The Morgan fingerprint density at radius 2 is 2.38 bits per heavy atom. The Morgan fingerprint density at radius 3 is 3.12 bits per heavy atom. The number of rotatable bonds is 1. The van der Waals surface area contributed by atoms with Crippen LogP contribution in [0, 0.1) is 0 Å². The van der Waals surface area contributed by atoms with E-state index >= 15 is 0 Å². The first-order chi connectivity index (χ1) is 7.70. The zero-order chi connectivity index (χ0) is 11.5. The molecule has 5 heteroatoms. The third-order valence-corrected chi connectivity index (χ3v) is 2.10. The van der Waals surface area contributed by atoms with Crippen molar-refractivity contribution in [2.45, 2.75) is 6.10 Å². The van der Waals surface area contributed by atoms with E-state index in [1.807, 2.05) is 0 Å². The number of methoxy groups -OCH3 is 1. The fourth-order valence-corrected chi connectivity index (χ4v) is 1.34. The largest absolute Gasteiger partial charge is 0.466 e. The molecule has 0 fully saturated rings. The van der Waals surface area contributed by atoms with Crippen molar-refractivity contribution >= 4 is 17.7 Å². The average Bonchev–Trinajstić information content (AvgIpc) is 2.30. The van der Waals surface area contributed by atoms with Crippen LogP contribution in [-0.4, -0.2) is 30.9 Å². The molecule has 0 radical (unpaired) electrons. The maximum atomic E-state index is 11.4. The van der Waals surface area contributed by atoms with Gasteiger partial charge in [-0.1, -0.05) is 12.2 Å². The van der Waals surface area contributed by atoms with E-state index in [9.17, 15) is 9.59 Å². The molecular weight excluding hydrogens is 210 g/mol. The van der Waals surface area contributed by atoms with E-state index in [0.717, 1.165) is 6.08 Å². The minimum absolute atomic E-state index is 0.0435. The summed E-state index contributed by atoms with van der Waals surface area (Å²) in [5.74, 6) is -1.26. The van der Waals surface area contributed by atoms with Crippen LogP contribution in [0.3, 0.4) is 0 Å². The van der Waals surface area contributed by atoms with Gasteiger partial charge in [-0.3, -0.25) is 0 Å². The van der Waals surface area contributed by atoms with Gasteiger partial charge in [0.25, 0.3) is 0 Å². The lowest BCUT2D eigenvalue weighted by molar-refractivity contribution is -0.141. The van der Waals surface area contributed by atoms with E-state index in [1.165, 1.54) is 7.11 Å². The molecule has 0 aromatic heterocycles. The second kappa shape index (κ2) is 4.14. The van der Waals surface area contributed by atoms with Gasteiger partial charge in [0, 0.05) is 0 Å². The van der Waals surface area contributed by atoms with Gasteiger partial charge in [0.2, 0.25) is 0 Å². The van der Waals surface area contributed by atoms with Crippen molar-refractivity contribution in [3.05, 3.63) is 36.1 Å². The Bertz CT molecular complexity index is 457. The van der Waals surface area contributed by atoms with Crippen molar-refractivity contribution < 1.29 is 19.1 Å². The number of hydrogen-bond donors (Lipinski definition) is 0. The minimum Gasteiger partial charge on any atom is -0.466 e. The Morgan fingerprint density at radius 1 is 1.56 bits per heavy atom. The molecule has 1 aliphatic carbocycles. The van der Waals surface area contributed by atoms with Crippen molar-refractivity contribution in [3.8, 4) is 0 Å². The lowest BCUT2D eigenvalue weighted by atomic mass is 10.1. The Kier molecular flexibility index (Phi) is 2.68. The second-order valence-electron chi connectivity index (χ2n) is 3.16. The SMILES string of the molecule is COC(=O)/C=C1/N=C2C=CC=CC2OC1=O. The maximum Gasteiger partial charge on any atom is 0.358 e. The maximum absolute atomic E-state index is 11.4. The summed E-state index contributed by atoms with van der Waals surface area (Å²) in [5.41, 5.74) is 0.551. The molecule has 0 aromatic rings. The molecule has 1 aliphatic heterocycles. The number of allylic oxidation sites excluding steroid dienone is 2. The number of aliphatic imine (C=N–C) groups is 1. The highest BCUT2D eigenvalue weighted by Crippen LogP contribution is 2.17. The first kappa shape index (κ1) is 10.4. The number of hydrogen-bond acceptors (Lipinski definition) is 5. The molecule has 1 unspecified atom stereocenters. The van der Waals surface area contributed by atoms with Crippen LogP contribution < -0.4 is 0 Å². The highest BCUT2D eigenvalue weighted by Gasteiger charge is 2.27. The average molecular weight is 219 g/mol. The molecule has 0 aromatic carbocycles. The smallest absolute Gasteiger partial charge is 0.358 e. The van der Waals surface area contributed by atoms with Crippen molar-refractivity contribution in [2.75, 3.05) is 7.11 Å². The summed E-state index contributed by atoms with van der Waals surface area (Å²) in [4.78, 5) is 26.5. The molecule has 1 atom stereocenters. The molecule has 16 heavy (non-hydrogen) atoms. The normalized spacial score (nSPS) is 24.8. The Hall–Kier alpha value is -2.17. The highest BCUT2D eigenvalue weighted by atomic mass is 16.5. The van der Waals surface area contributed by atoms with Crippen LogP contribution in [0.5, 0.6) is 0 Å². The Labute approximate surface area is 91.8 Å². The van der Waals surface area contributed by atoms with E-state index in [2.05, 4.69) is 9.73 Å². The number of nitrogens with zero attached hydrogens (tertiary/aromatic N) is 1. The third-order valence-electron chi connectivity index (χ3n) is 2.10. The molecule has 0 N–H and O–H groups in total. The summed E-state index contributed by atoms with van der Waals surface area (Å²) in [5, 5.41) is 0. The molecule has 0 saturated heterocycles. The Balaban J connectivity index is 2.32. The van der Waals surface area contributed by atoms with Crippen LogP contribution in [0.4, 0.5) is 0 Å². The zero-order valence-electron chi connectivity index (χ0n) is 8.54. The van der Waals surface area contributed by atoms with Gasteiger partial charge >= 0.3 is 11.9 Å².